The van der Waals surface area contributed by atoms with Crippen molar-refractivity contribution < 1.29 is 24.0 Å². The van der Waals surface area contributed by atoms with Gasteiger partial charge in [0.05, 0.1) is 12.5 Å². The highest BCUT2D eigenvalue weighted by molar-refractivity contribution is 6.24. The van der Waals surface area contributed by atoms with Gasteiger partial charge in [0.25, 0.3) is 0 Å². The highest BCUT2D eigenvalue weighted by Gasteiger charge is 2.62. The maximum absolute atomic E-state index is 13.3. The van der Waals surface area contributed by atoms with Crippen LogP contribution in [0.25, 0.3) is 11.1 Å². The van der Waals surface area contributed by atoms with E-state index in [1.165, 1.54) is 6.92 Å². The Kier molecular flexibility index (Phi) is 6.24. The number of esters is 1. The quantitative estimate of drug-likeness (QED) is 0.295. The Morgan fingerprint density at radius 2 is 1.61 bits per heavy atom. The van der Waals surface area contributed by atoms with Crippen LogP contribution in [0.2, 0.25) is 0 Å². The zero-order valence-electron chi connectivity index (χ0n) is 20.5. The van der Waals surface area contributed by atoms with E-state index in [4.69, 9.17) is 9.57 Å². The highest BCUT2D eigenvalue weighted by Crippen LogP contribution is 2.46. The van der Waals surface area contributed by atoms with E-state index in [-0.39, 0.29) is 24.2 Å². The number of Topliss-reactive ketones (excluding diaryl/α,β-unsaturated/α-hetero) is 1. The number of hydrogen-bond acceptors (Lipinski definition) is 6. The molecule has 36 heavy (non-hydrogen) atoms. The Balaban J connectivity index is 1.34. The molecule has 7 heteroatoms. The molecule has 2 aromatic carbocycles. The molecule has 0 aromatic heterocycles. The van der Waals surface area contributed by atoms with Gasteiger partial charge in [0, 0.05) is 23.0 Å². The van der Waals surface area contributed by atoms with Crippen LogP contribution in [0.1, 0.15) is 44.2 Å². The van der Waals surface area contributed by atoms with E-state index in [0.717, 1.165) is 28.0 Å². The average Bonchev–Trinajstić information content (AvgIpc) is 3.27. The summed E-state index contributed by atoms with van der Waals surface area (Å²) in [6, 6.07) is 16.1. The lowest BCUT2D eigenvalue weighted by molar-refractivity contribution is -0.149. The zero-order chi connectivity index (χ0) is 25.4. The third-order valence-electron chi connectivity index (χ3n) is 7.61. The second kappa shape index (κ2) is 9.37. The second-order valence-corrected chi connectivity index (χ2v) is 9.78. The first kappa shape index (κ1) is 24.0. The van der Waals surface area contributed by atoms with Gasteiger partial charge in [0.15, 0.2) is 0 Å². The number of oxime groups is 1. The van der Waals surface area contributed by atoms with Gasteiger partial charge in [0.1, 0.15) is 23.1 Å². The smallest absolute Gasteiger partial charge is 0.332 e. The molecule has 186 valence electrons. The molecule has 0 saturated heterocycles. The second-order valence-electron chi connectivity index (χ2n) is 9.78. The lowest BCUT2D eigenvalue weighted by Gasteiger charge is -2.22. The van der Waals surface area contributed by atoms with Crippen molar-refractivity contribution in [2.24, 2.45) is 22.9 Å². The van der Waals surface area contributed by atoms with Gasteiger partial charge in [-0.2, -0.15) is 0 Å². The van der Waals surface area contributed by atoms with Crippen molar-refractivity contribution in [3.8, 4) is 11.1 Å². The van der Waals surface area contributed by atoms with Crippen molar-refractivity contribution in [2.75, 3.05) is 6.61 Å². The van der Waals surface area contributed by atoms with Crippen molar-refractivity contribution in [3.63, 3.8) is 0 Å². The molecule has 0 aliphatic heterocycles. The van der Waals surface area contributed by atoms with E-state index in [9.17, 15) is 14.4 Å². The fourth-order valence-electron chi connectivity index (χ4n) is 5.61. The van der Waals surface area contributed by atoms with Crippen molar-refractivity contribution >= 4 is 23.4 Å². The minimum atomic E-state index is -1.09. The first-order valence-electron chi connectivity index (χ1n) is 12.4. The molecule has 7 nitrogen and oxygen atoms in total. The molecule has 0 bridgehead atoms. The summed E-state index contributed by atoms with van der Waals surface area (Å²) < 4.78 is 5.20. The maximum Gasteiger partial charge on any atom is 0.332 e. The molecular formula is C29H30N2O5. The molecule has 0 unspecified atom stereocenters. The Hall–Kier alpha value is -3.74. The summed E-state index contributed by atoms with van der Waals surface area (Å²) in [6.07, 6.45) is 2.45. The SMILES string of the molecule is C=C[C@H]1C[C@]1(NC(=O)[C@@H]1C[C@@H](ON=C2c3ccccc3-c3ccccc32)C[C@H]1C(C)=O)C(=O)OCC. The fourth-order valence-corrected chi connectivity index (χ4v) is 5.61. The number of amides is 1. The third-order valence-corrected chi connectivity index (χ3v) is 7.61. The number of nitrogens with one attached hydrogen (secondary N) is 1. The Labute approximate surface area is 210 Å². The summed E-state index contributed by atoms with van der Waals surface area (Å²) in [5, 5.41) is 7.42. The Morgan fingerprint density at radius 3 is 2.14 bits per heavy atom. The topological polar surface area (TPSA) is 94.1 Å². The molecule has 1 amide bonds. The lowest BCUT2D eigenvalue weighted by Crippen LogP contribution is -2.49. The van der Waals surface area contributed by atoms with E-state index in [0.29, 0.717) is 19.3 Å². The van der Waals surface area contributed by atoms with Crippen molar-refractivity contribution in [1.82, 2.24) is 5.32 Å². The van der Waals surface area contributed by atoms with Crippen LogP contribution in [0, 0.1) is 17.8 Å². The van der Waals surface area contributed by atoms with Gasteiger partial charge >= 0.3 is 5.97 Å². The summed E-state index contributed by atoms with van der Waals surface area (Å²) in [4.78, 5) is 44.3. The van der Waals surface area contributed by atoms with Gasteiger partial charge in [-0.15, -0.1) is 6.58 Å². The van der Waals surface area contributed by atoms with Crippen LogP contribution in [0.5, 0.6) is 0 Å². The van der Waals surface area contributed by atoms with E-state index >= 15 is 0 Å². The molecule has 3 aliphatic rings. The number of fused-ring (bicyclic) bond motifs is 3. The number of carbonyl (C=O) groups is 3. The Bertz CT molecular complexity index is 1220. The largest absolute Gasteiger partial charge is 0.464 e. The average molecular weight is 487 g/mol. The standard InChI is InChI=1S/C29H30N2O5/c1-4-18-16-29(18,28(34)35-5-2)30-27(33)25-15-19(14-24(25)17(3)32)36-31-26-22-12-8-6-10-20(22)21-11-7-9-13-23(21)26/h4,6-13,18-19,24-25H,1,5,14-16H2,2-3H3,(H,30,33)/t18-,19-,24-,25+,29+/m0/s1. The van der Waals surface area contributed by atoms with Crippen LogP contribution < -0.4 is 5.32 Å². The van der Waals surface area contributed by atoms with Crippen LogP contribution in [-0.2, 0) is 24.0 Å². The van der Waals surface area contributed by atoms with Crippen molar-refractivity contribution in [3.05, 3.63) is 72.3 Å². The van der Waals surface area contributed by atoms with Gasteiger partial charge in [-0.1, -0.05) is 59.8 Å². The molecule has 5 atom stereocenters. The number of carbonyl (C=O) groups excluding carboxylic acids is 3. The van der Waals surface area contributed by atoms with Gasteiger partial charge in [-0.25, -0.2) is 4.79 Å². The van der Waals surface area contributed by atoms with E-state index in [2.05, 4.69) is 29.2 Å². The van der Waals surface area contributed by atoms with Gasteiger partial charge in [-0.05, 0) is 44.2 Å². The van der Waals surface area contributed by atoms with E-state index in [1.807, 2.05) is 36.4 Å². The summed E-state index contributed by atoms with van der Waals surface area (Å²) in [7, 11) is 0. The predicted octanol–water partition coefficient (Wildman–Crippen LogP) is 4.04. The first-order valence-corrected chi connectivity index (χ1v) is 12.4. The molecule has 0 radical (unpaired) electrons. The van der Waals surface area contributed by atoms with Gasteiger partial charge in [-0.3, -0.25) is 9.59 Å². The monoisotopic (exact) mass is 486 g/mol. The van der Waals surface area contributed by atoms with Crippen molar-refractivity contribution in [2.45, 2.75) is 44.8 Å². The highest BCUT2D eigenvalue weighted by atomic mass is 16.6. The summed E-state index contributed by atoms with van der Waals surface area (Å²) >= 11 is 0. The molecule has 5 rings (SSSR count). The van der Waals surface area contributed by atoms with Crippen LogP contribution in [0.15, 0.2) is 66.3 Å². The first-order chi connectivity index (χ1) is 17.4. The van der Waals surface area contributed by atoms with E-state index < -0.39 is 29.4 Å². The number of ether oxygens (including phenoxy) is 1. The number of rotatable bonds is 8. The van der Waals surface area contributed by atoms with Gasteiger partial charge < -0.3 is 14.9 Å². The molecule has 0 spiro atoms. The molecule has 1 N–H and O–H groups in total. The fraction of sp³-hybridized carbons (Fsp3) is 0.379. The number of hydrogen-bond donors (Lipinski definition) is 1. The van der Waals surface area contributed by atoms with Crippen LogP contribution in [-0.4, -0.2) is 41.6 Å². The van der Waals surface area contributed by atoms with E-state index in [1.54, 1.807) is 13.0 Å². The number of benzene rings is 2. The van der Waals surface area contributed by atoms with Crippen molar-refractivity contribution in [1.29, 1.82) is 0 Å². The predicted molar refractivity (Wildman–Crippen MR) is 135 cm³/mol. The Morgan fingerprint density at radius 1 is 1.03 bits per heavy atom. The molecular weight excluding hydrogens is 456 g/mol. The minimum absolute atomic E-state index is 0.0771. The lowest BCUT2D eigenvalue weighted by atomic mass is 9.91. The molecule has 0 heterocycles. The molecule has 2 aromatic rings. The van der Waals surface area contributed by atoms with Crippen LogP contribution in [0.4, 0.5) is 0 Å². The van der Waals surface area contributed by atoms with Crippen LogP contribution in [0.3, 0.4) is 0 Å². The molecule has 3 aliphatic carbocycles. The minimum Gasteiger partial charge on any atom is -0.464 e. The summed E-state index contributed by atoms with van der Waals surface area (Å²) in [6.45, 7) is 7.21. The third kappa shape index (κ3) is 4.02. The number of ketones is 1. The zero-order valence-corrected chi connectivity index (χ0v) is 20.5. The molecule has 2 saturated carbocycles. The maximum atomic E-state index is 13.3. The normalized spacial score (nSPS) is 27.4. The molecule has 2 fully saturated rings. The number of nitrogens with zero attached hydrogens (tertiary/aromatic N) is 1. The summed E-state index contributed by atoms with van der Waals surface area (Å²) in [5.41, 5.74) is 3.86. The summed E-state index contributed by atoms with van der Waals surface area (Å²) in [5.74, 6) is -2.15. The van der Waals surface area contributed by atoms with Crippen LogP contribution >= 0.6 is 0 Å². The van der Waals surface area contributed by atoms with Gasteiger partial charge in [0.2, 0.25) is 5.91 Å².